The normalized spacial score (nSPS) is 10.7. The first-order valence-corrected chi connectivity index (χ1v) is 7.35. The quantitative estimate of drug-likeness (QED) is 0.660. The molecule has 5 nitrogen and oxygen atoms in total. The van der Waals surface area contributed by atoms with Crippen LogP contribution in [0.15, 0.2) is 48.0 Å². The maximum atomic E-state index is 12.2. The molecule has 0 heterocycles. The van der Waals surface area contributed by atoms with Crippen molar-refractivity contribution in [1.29, 1.82) is 5.26 Å². The summed E-state index contributed by atoms with van der Waals surface area (Å²) >= 11 is 5.80. The Morgan fingerprint density at radius 1 is 1.12 bits per heavy atom. The zero-order valence-electron chi connectivity index (χ0n) is 13.2. The van der Waals surface area contributed by atoms with Gasteiger partial charge in [-0.25, -0.2) is 0 Å². The lowest BCUT2D eigenvalue weighted by Crippen LogP contribution is -2.13. The number of amides is 1. The van der Waals surface area contributed by atoms with Gasteiger partial charge in [-0.2, -0.15) is 5.26 Å². The van der Waals surface area contributed by atoms with E-state index in [2.05, 4.69) is 5.32 Å². The fraction of sp³-hybridized carbons (Fsp3) is 0.111. The highest BCUT2D eigenvalue weighted by Crippen LogP contribution is 2.24. The molecular weight excluding hydrogens is 328 g/mol. The standard InChI is InChI=1S/C18H15ClN2O3/c1-23-16-8-12(9-17(10-16)24-2)7-13(11-20)18(22)21-15-5-3-14(19)4-6-15/h3-10H,1-2H3,(H,21,22)/b13-7-. The van der Waals surface area contributed by atoms with Gasteiger partial charge in [0.15, 0.2) is 0 Å². The molecule has 0 aromatic heterocycles. The summed E-state index contributed by atoms with van der Waals surface area (Å²) in [6.07, 6.45) is 1.47. The van der Waals surface area contributed by atoms with Crippen LogP contribution in [-0.4, -0.2) is 20.1 Å². The molecule has 2 rings (SSSR count). The second kappa shape index (κ2) is 8.04. The van der Waals surface area contributed by atoms with Crippen molar-refractivity contribution in [3.05, 3.63) is 58.6 Å². The number of halogens is 1. The van der Waals surface area contributed by atoms with Gasteiger partial charge in [-0.05, 0) is 48.0 Å². The molecular formula is C18H15ClN2O3. The molecule has 0 radical (unpaired) electrons. The van der Waals surface area contributed by atoms with E-state index < -0.39 is 5.91 Å². The average molecular weight is 343 g/mol. The maximum absolute atomic E-state index is 12.2. The third-order valence-electron chi connectivity index (χ3n) is 3.15. The summed E-state index contributed by atoms with van der Waals surface area (Å²) in [4.78, 5) is 12.2. The molecule has 0 aliphatic carbocycles. The lowest BCUT2D eigenvalue weighted by atomic mass is 10.1. The van der Waals surface area contributed by atoms with Crippen molar-refractivity contribution in [2.24, 2.45) is 0 Å². The van der Waals surface area contributed by atoms with Crippen molar-refractivity contribution >= 4 is 29.3 Å². The minimum absolute atomic E-state index is 0.0414. The molecule has 0 saturated heterocycles. The van der Waals surface area contributed by atoms with Crippen molar-refractivity contribution in [3.8, 4) is 17.6 Å². The lowest BCUT2D eigenvalue weighted by molar-refractivity contribution is -0.112. The summed E-state index contributed by atoms with van der Waals surface area (Å²) in [7, 11) is 3.06. The molecule has 0 unspecified atom stereocenters. The van der Waals surface area contributed by atoms with E-state index in [1.54, 1.807) is 42.5 Å². The van der Waals surface area contributed by atoms with Gasteiger partial charge in [-0.3, -0.25) is 4.79 Å². The van der Waals surface area contributed by atoms with Crippen LogP contribution in [0, 0.1) is 11.3 Å². The Bertz CT molecular complexity index is 786. The lowest BCUT2D eigenvalue weighted by Gasteiger charge is -2.07. The Hall–Kier alpha value is -2.97. The monoisotopic (exact) mass is 342 g/mol. The predicted octanol–water partition coefficient (Wildman–Crippen LogP) is 3.90. The first-order chi connectivity index (χ1) is 11.5. The second-order valence-electron chi connectivity index (χ2n) is 4.78. The van der Waals surface area contributed by atoms with Gasteiger partial charge in [-0.15, -0.1) is 0 Å². The van der Waals surface area contributed by atoms with Gasteiger partial charge in [0.05, 0.1) is 14.2 Å². The number of rotatable bonds is 5. The summed E-state index contributed by atoms with van der Waals surface area (Å²) in [5.74, 6) is 0.619. The highest BCUT2D eigenvalue weighted by Gasteiger charge is 2.10. The minimum atomic E-state index is -0.512. The third kappa shape index (κ3) is 4.51. The number of carbonyl (C=O) groups excluding carboxylic acids is 1. The van der Waals surface area contributed by atoms with Gasteiger partial charge in [-0.1, -0.05) is 11.6 Å². The first kappa shape index (κ1) is 17.4. The molecule has 0 bridgehead atoms. The van der Waals surface area contributed by atoms with Crippen molar-refractivity contribution in [1.82, 2.24) is 0 Å². The molecule has 2 aromatic rings. The number of hydrogen-bond donors (Lipinski definition) is 1. The van der Waals surface area contributed by atoms with E-state index in [4.69, 9.17) is 21.1 Å². The van der Waals surface area contributed by atoms with E-state index in [1.807, 2.05) is 6.07 Å². The number of carbonyl (C=O) groups is 1. The van der Waals surface area contributed by atoms with Crippen LogP contribution in [0.4, 0.5) is 5.69 Å². The average Bonchev–Trinajstić information content (AvgIpc) is 2.61. The van der Waals surface area contributed by atoms with Gasteiger partial charge >= 0.3 is 0 Å². The number of anilines is 1. The van der Waals surface area contributed by atoms with Crippen LogP contribution in [0.25, 0.3) is 6.08 Å². The van der Waals surface area contributed by atoms with Crippen LogP contribution in [-0.2, 0) is 4.79 Å². The highest BCUT2D eigenvalue weighted by molar-refractivity contribution is 6.30. The number of benzene rings is 2. The van der Waals surface area contributed by atoms with Crippen molar-refractivity contribution in [2.45, 2.75) is 0 Å². The smallest absolute Gasteiger partial charge is 0.266 e. The van der Waals surface area contributed by atoms with Crippen molar-refractivity contribution in [2.75, 3.05) is 19.5 Å². The largest absolute Gasteiger partial charge is 0.497 e. The second-order valence-corrected chi connectivity index (χ2v) is 5.21. The zero-order chi connectivity index (χ0) is 17.5. The topological polar surface area (TPSA) is 71.3 Å². The zero-order valence-corrected chi connectivity index (χ0v) is 13.9. The van der Waals surface area contributed by atoms with E-state index in [0.717, 1.165) is 0 Å². The molecule has 24 heavy (non-hydrogen) atoms. The van der Waals surface area contributed by atoms with E-state index in [-0.39, 0.29) is 5.57 Å². The fourth-order valence-corrected chi connectivity index (χ4v) is 2.09. The van der Waals surface area contributed by atoms with Gasteiger partial charge in [0, 0.05) is 16.8 Å². The molecule has 1 N–H and O–H groups in total. The summed E-state index contributed by atoms with van der Waals surface area (Å²) in [5, 5.41) is 12.5. The SMILES string of the molecule is COc1cc(/C=C(/C#N)C(=O)Nc2ccc(Cl)cc2)cc(OC)c1. The van der Waals surface area contributed by atoms with Crippen molar-refractivity contribution in [3.63, 3.8) is 0 Å². The Balaban J connectivity index is 2.26. The Morgan fingerprint density at radius 3 is 2.21 bits per heavy atom. The van der Waals surface area contributed by atoms with E-state index >= 15 is 0 Å². The molecule has 6 heteroatoms. The summed E-state index contributed by atoms with van der Waals surface area (Å²) in [6, 6.07) is 13.6. The van der Waals surface area contributed by atoms with E-state index in [9.17, 15) is 10.1 Å². The Morgan fingerprint density at radius 2 is 1.71 bits per heavy atom. The van der Waals surface area contributed by atoms with Gasteiger partial charge < -0.3 is 14.8 Å². The molecule has 2 aromatic carbocycles. The van der Waals surface area contributed by atoms with Crippen LogP contribution in [0.3, 0.4) is 0 Å². The third-order valence-corrected chi connectivity index (χ3v) is 3.40. The number of ether oxygens (including phenoxy) is 2. The highest BCUT2D eigenvalue weighted by atomic mass is 35.5. The number of methoxy groups -OCH3 is 2. The predicted molar refractivity (Wildman–Crippen MR) is 93.2 cm³/mol. The summed E-state index contributed by atoms with van der Waals surface area (Å²) < 4.78 is 10.3. The van der Waals surface area contributed by atoms with Gasteiger partial charge in [0.25, 0.3) is 5.91 Å². The van der Waals surface area contributed by atoms with E-state index in [0.29, 0.717) is 27.8 Å². The fourth-order valence-electron chi connectivity index (χ4n) is 1.96. The molecule has 0 atom stereocenters. The first-order valence-electron chi connectivity index (χ1n) is 6.97. The molecule has 0 saturated carbocycles. The molecule has 0 aliphatic rings. The van der Waals surface area contributed by atoms with Crippen LogP contribution < -0.4 is 14.8 Å². The van der Waals surface area contributed by atoms with Crippen LogP contribution in [0.1, 0.15) is 5.56 Å². The molecule has 0 fully saturated rings. The summed E-state index contributed by atoms with van der Waals surface area (Å²) in [5.41, 5.74) is 1.13. The molecule has 0 aliphatic heterocycles. The Kier molecular flexibility index (Phi) is 5.83. The van der Waals surface area contributed by atoms with E-state index in [1.165, 1.54) is 20.3 Å². The van der Waals surface area contributed by atoms with Crippen LogP contribution in [0.2, 0.25) is 5.02 Å². The van der Waals surface area contributed by atoms with Crippen LogP contribution in [0.5, 0.6) is 11.5 Å². The number of nitrogens with one attached hydrogen (secondary N) is 1. The minimum Gasteiger partial charge on any atom is -0.497 e. The van der Waals surface area contributed by atoms with Crippen LogP contribution >= 0.6 is 11.6 Å². The molecule has 0 spiro atoms. The number of nitriles is 1. The number of nitrogens with zero attached hydrogens (tertiary/aromatic N) is 1. The maximum Gasteiger partial charge on any atom is 0.266 e. The molecule has 1 amide bonds. The molecule has 122 valence electrons. The number of hydrogen-bond acceptors (Lipinski definition) is 4. The Labute approximate surface area is 145 Å². The van der Waals surface area contributed by atoms with Gasteiger partial charge in [0.1, 0.15) is 23.1 Å². The van der Waals surface area contributed by atoms with Gasteiger partial charge in [0.2, 0.25) is 0 Å². The van der Waals surface area contributed by atoms with Crippen molar-refractivity contribution < 1.29 is 14.3 Å². The summed E-state index contributed by atoms with van der Waals surface area (Å²) in [6.45, 7) is 0.